The zero-order valence-electron chi connectivity index (χ0n) is 11.9. The monoisotopic (exact) mass is 257 g/mol. The summed E-state index contributed by atoms with van der Waals surface area (Å²) in [6, 6.07) is 0.521. The number of amides is 1. The Labute approximate surface area is 110 Å². The lowest BCUT2D eigenvalue weighted by Crippen LogP contribution is -2.47. The van der Waals surface area contributed by atoms with Crippen LogP contribution >= 0.6 is 0 Å². The molecule has 1 aliphatic rings. The van der Waals surface area contributed by atoms with E-state index in [1.54, 1.807) is 0 Å². The van der Waals surface area contributed by atoms with Gasteiger partial charge in [0.15, 0.2) is 0 Å². The van der Waals surface area contributed by atoms with Crippen molar-refractivity contribution in [3.63, 3.8) is 0 Å². The highest BCUT2D eigenvalue weighted by molar-refractivity contribution is 5.76. The number of ether oxygens (including phenoxy) is 1. The molecule has 0 aromatic rings. The number of rotatable bonds is 7. The largest absolute Gasteiger partial charge is 0.380 e. The summed E-state index contributed by atoms with van der Waals surface area (Å²) >= 11 is 0. The molecule has 0 aliphatic carbocycles. The average Bonchev–Trinajstić information content (AvgIpc) is 2.90. The van der Waals surface area contributed by atoms with Gasteiger partial charge in [0.05, 0.1) is 6.61 Å². The summed E-state index contributed by atoms with van der Waals surface area (Å²) in [5, 5.41) is 0. The Morgan fingerprint density at radius 2 is 2.11 bits per heavy atom. The van der Waals surface area contributed by atoms with Gasteiger partial charge in [-0.25, -0.2) is 0 Å². The van der Waals surface area contributed by atoms with Gasteiger partial charge in [-0.1, -0.05) is 0 Å². The predicted molar refractivity (Wildman–Crippen MR) is 72.4 cm³/mol. The second-order valence-electron chi connectivity index (χ2n) is 4.84. The van der Waals surface area contributed by atoms with E-state index in [0.29, 0.717) is 19.0 Å². The summed E-state index contributed by atoms with van der Waals surface area (Å²) in [4.78, 5) is 16.2. The van der Waals surface area contributed by atoms with E-state index in [1.807, 2.05) is 25.8 Å². The van der Waals surface area contributed by atoms with Crippen LogP contribution in [0.25, 0.3) is 0 Å². The van der Waals surface area contributed by atoms with Crippen LogP contribution in [0.15, 0.2) is 0 Å². The molecule has 1 amide bonds. The highest BCUT2D eigenvalue weighted by atomic mass is 16.5. The molecule has 0 radical (unpaired) electrons. The zero-order chi connectivity index (χ0) is 13.5. The lowest BCUT2D eigenvalue weighted by molar-refractivity contribution is -0.132. The van der Waals surface area contributed by atoms with Gasteiger partial charge in [0.25, 0.3) is 0 Å². The minimum atomic E-state index is 0.116. The third-order valence-electron chi connectivity index (χ3n) is 3.86. The molecule has 1 heterocycles. The molecule has 1 rings (SSSR count). The molecule has 0 spiro atoms. The Bertz CT molecular complexity index is 251. The number of hydrogen-bond donors (Lipinski definition) is 1. The molecule has 1 saturated heterocycles. The smallest absolute Gasteiger partial charge is 0.224 e. The Balaban J connectivity index is 2.52. The van der Waals surface area contributed by atoms with Gasteiger partial charge >= 0.3 is 0 Å². The Kier molecular flexibility index (Phi) is 6.60. The van der Waals surface area contributed by atoms with Crippen molar-refractivity contribution in [1.82, 2.24) is 9.80 Å². The lowest BCUT2D eigenvalue weighted by atomic mass is 10.1. The highest BCUT2D eigenvalue weighted by Gasteiger charge is 2.27. The fourth-order valence-electron chi connectivity index (χ4n) is 2.44. The van der Waals surface area contributed by atoms with Crippen molar-refractivity contribution in [2.45, 2.75) is 38.8 Å². The first kappa shape index (κ1) is 15.4. The van der Waals surface area contributed by atoms with E-state index in [-0.39, 0.29) is 11.9 Å². The standard InChI is InChI=1S/C13H27N3O2/c1-4-16(5-2)13(17)8-12(9-14)15(3)11-6-7-18-10-11/h11-12H,4-10,14H2,1-3H3. The maximum absolute atomic E-state index is 12.1. The summed E-state index contributed by atoms with van der Waals surface area (Å²) in [6.07, 6.45) is 1.54. The Morgan fingerprint density at radius 3 is 2.56 bits per heavy atom. The average molecular weight is 257 g/mol. The first-order valence-corrected chi connectivity index (χ1v) is 6.91. The zero-order valence-corrected chi connectivity index (χ0v) is 11.9. The molecule has 106 valence electrons. The van der Waals surface area contributed by atoms with Crippen LogP contribution < -0.4 is 5.73 Å². The van der Waals surface area contributed by atoms with Gasteiger partial charge in [0, 0.05) is 44.7 Å². The highest BCUT2D eigenvalue weighted by Crippen LogP contribution is 2.15. The quantitative estimate of drug-likeness (QED) is 0.712. The summed E-state index contributed by atoms with van der Waals surface area (Å²) in [7, 11) is 2.05. The van der Waals surface area contributed by atoms with E-state index in [2.05, 4.69) is 4.90 Å². The number of nitrogens with two attached hydrogens (primary N) is 1. The number of hydrogen-bond acceptors (Lipinski definition) is 4. The normalized spacial score (nSPS) is 21.3. The van der Waals surface area contributed by atoms with E-state index >= 15 is 0 Å². The van der Waals surface area contributed by atoms with Crippen molar-refractivity contribution in [3.05, 3.63) is 0 Å². The molecule has 1 fully saturated rings. The molecule has 0 aromatic heterocycles. The Morgan fingerprint density at radius 1 is 1.44 bits per heavy atom. The first-order valence-electron chi connectivity index (χ1n) is 6.91. The van der Waals surface area contributed by atoms with Crippen LogP contribution in [-0.2, 0) is 9.53 Å². The number of likely N-dealkylation sites (N-methyl/N-ethyl adjacent to an activating group) is 1. The molecule has 2 atom stereocenters. The van der Waals surface area contributed by atoms with Gasteiger partial charge in [-0.05, 0) is 27.3 Å². The van der Waals surface area contributed by atoms with Gasteiger partial charge in [-0.15, -0.1) is 0 Å². The summed E-state index contributed by atoms with van der Waals surface area (Å²) < 4.78 is 5.39. The van der Waals surface area contributed by atoms with Crippen LogP contribution in [-0.4, -0.2) is 67.7 Å². The maximum Gasteiger partial charge on any atom is 0.224 e. The van der Waals surface area contributed by atoms with Gasteiger partial charge in [-0.2, -0.15) is 0 Å². The summed E-state index contributed by atoms with van der Waals surface area (Å²) in [5.74, 6) is 0.196. The number of nitrogens with zero attached hydrogens (tertiary/aromatic N) is 2. The van der Waals surface area contributed by atoms with Gasteiger partial charge in [-0.3, -0.25) is 9.69 Å². The molecule has 18 heavy (non-hydrogen) atoms. The van der Waals surface area contributed by atoms with Crippen LogP contribution in [0, 0.1) is 0 Å². The van der Waals surface area contributed by atoms with E-state index in [0.717, 1.165) is 32.7 Å². The van der Waals surface area contributed by atoms with Crippen LogP contribution in [0.5, 0.6) is 0 Å². The molecule has 2 N–H and O–H groups in total. The molecular weight excluding hydrogens is 230 g/mol. The second kappa shape index (κ2) is 7.71. The minimum Gasteiger partial charge on any atom is -0.380 e. The second-order valence-corrected chi connectivity index (χ2v) is 4.84. The van der Waals surface area contributed by atoms with Crippen molar-refractivity contribution in [3.8, 4) is 0 Å². The fraction of sp³-hybridized carbons (Fsp3) is 0.923. The van der Waals surface area contributed by atoms with E-state index < -0.39 is 0 Å². The fourth-order valence-corrected chi connectivity index (χ4v) is 2.44. The first-order chi connectivity index (χ1) is 8.63. The maximum atomic E-state index is 12.1. The van der Waals surface area contributed by atoms with Crippen LogP contribution in [0.1, 0.15) is 26.7 Å². The lowest BCUT2D eigenvalue weighted by Gasteiger charge is -2.32. The van der Waals surface area contributed by atoms with Crippen molar-refractivity contribution >= 4 is 5.91 Å². The summed E-state index contributed by atoms with van der Waals surface area (Å²) in [5.41, 5.74) is 5.82. The van der Waals surface area contributed by atoms with E-state index in [9.17, 15) is 4.79 Å². The van der Waals surface area contributed by atoms with Gasteiger partial charge < -0.3 is 15.4 Å². The molecule has 0 saturated carbocycles. The van der Waals surface area contributed by atoms with Crippen molar-refractivity contribution in [2.75, 3.05) is 39.9 Å². The third kappa shape index (κ3) is 3.93. The Hall–Kier alpha value is -0.650. The molecule has 0 aromatic carbocycles. The van der Waals surface area contributed by atoms with Crippen LogP contribution in [0.3, 0.4) is 0 Å². The van der Waals surface area contributed by atoms with Crippen molar-refractivity contribution in [2.24, 2.45) is 5.73 Å². The third-order valence-corrected chi connectivity index (χ3v) is 3.86. The molecular formula is C13H27N3O2. The van der Waals surface area contributed by atoms with Gasteiger partial charge in [0.1, 0.15) is 0 Å². The van der Waals surface area contributed by atoms with E-state index in [1.165, 1.54) is 0 Å². The van der Waals surface area contributed by atoms with Gasteiger partial charge in [0.2, 0.25) is 5.91 Å². The van der Waals surface area contributed by atoms with E-state index in [4.69, 9.17) is 10.5 Å². The molecule has 0 bridgehead atoms. The summed E-state index contributed by atoms with van der Waals surface area (Å²) in [6.45, 7) is 7.63. The molecule has 5 nitrogen and oxygen atoms in total. The van der Waals surface area contributed by atoms with Crippen LogP contribution in [0.4, 0.5) is 0 Å². The molecule has 1 aliphatic heterocycles. The minimum absolute atomic E-state index is 0.116. The van der Waals surface area contributed by atoms with Crippen LogP contribution in [0.2, 0.25) is 0 Å². The topological polar surface area (TPSA) is 58.8 Å². The number of carbonyl (C=O) groups is 1. The predicted octanol–water partition coefficient (Wildman–Crippen LogP) is 0.293. The molecule has 2 unspecified atom stereocenters. The van der Waals surface area contributed by atoms with Crippen molar-refractivity contribution < 1.29 is 9.53 Å². The van der Waals surface area contributed by atoms with Crippen molar-refractivity contribution in [1.29, 1.82) is 0 Å². The SMILES string of the molecule is CCN(CC)C(=O)CC(CN)N(C)C1CCOC1. The number of carbonyl (C=O) groups excluding carboxylic acids is 1. The molecule has 5 heteroatoms.